The zero-order valence-electron chi connectivity index (χ0n) is 10.1. The van der Waals surface area contributed by atoms with Crippen LogP contribution in [0.5, 0.6) is 0 Å². The molecule has 0 aromatic carbocycles. The van der Waals surface area contributed by atoms with Crippen molar-refractivity contribution in [2.24, 2.45) is 0 Å². The van der Waals surface area contributed by atoms with Crippen molar-refractivity contribution in [1.29, 1.82) is 0 Å². The molecule has 0 radical (unpaired) electrons. The van der Waals surface area contributed by atoms with Crippen molar-refractivity contribution in [2.75, 3.05) is 18.1 Å². The molecule has 0 amide bonds. The molecule has 0 unspecified atom stereocenters. The summed E-state index contributed by atoms with van der Waals surface area (Å²) in [4.78, 5) is 19.4. The quantitative estimate of drug-likeness (QED) is 0.623. The molecule has 0 aliphatic rings. The van der Waals surface area contributed by atoms with Gasteiger partial charge in [0.1, 0.15) is 5.82 Å². The smallest absolute Gasteiger partial charge is 0.388 e. The highest BCUT2D eigenvalue weighted by molar-refractivity contribution is 7.98. The minimum absolute atomic E-state index is 0.186. The number of nitrogens with one attached hydrogen (secondary N) is 2. The number of anilines is 1. The normalized spacial score (nSPS) is 10.6. The van der Waals surface area contributed by atoms with Crippen LogP contribution in [0.15, 0.2) is 20.6 Å². The standard InChI is InChI=1S/C10H13N5O2S/c1-3-4-11-7-6(5-12-9(13-7)18-2)8-14-15-10(16)17-8/h5H,3-4H2,1-2H3,(H,15,16)(H,11,12,13). The number of aromatic amines is 1. The zero-order chi connectivity index (χ0) is 13.0. The van der Waals surface area contributed by atoms with Crippen LogP contribution in [0.1, 0.15) is 13.3 Å². The number of rotatable bonds is 5. The van der Waals surface area contributed by atoms with E-state index in [2.05, 4.69) is 32.4 Å². The summed E-state index contributed by atoms with van der Waals surface area (Å²) < 4.78 is 4.91. The second-order valence-corrected chi connectivity index (χ2v) is 4.24. The highest BCUT2D eigenvalue weighted by Crippen LogP contribution is 2.24. The molecule has 0 saturated heterocycles. The minimum atomic E-state index is -0.597. The van der Waals surface area contributed by atoms with Gasteiger partial charge in [-0.15, -0.1) is 5.10 Å². The van der Waals surface area contributed by atoms with E-state index in [4.69, 9.17) is 4.42 Å². The van der Waals surface area contributed by atoms with Crippen LogP contribution in [0.3, 0.4) is 0 Å². The third-order valence-electron chi connectivity index (χ3n) is 2.16. The summed E-state index contributed by atoms with van der Waals surface area (Å²) in [6, 6.07) is 0. The molecule has 0 spiro atoms. The molecular formula is C10H13N5O2S. The van der Waals surface area contributed by atoms with Crippen molar-refractivity contribution in [3.63, 3.8) is 0 Å². The molecule has 2 N–H and O–H groups in total. The third kappa shape index (κ3) is 2.70. The van der Waals surface area contributed by atoms with E-state index < -0.39 is 5.76 Å². The Kier molecular flexibility index (Phi) is 3.98. The van der Waals surface area contributed by atoms with Crippen LogP contribution in [0, 0.1) is 0 Å². The third-order valence-corrected chi connectivity index (χ3v) is 2.72. The first-order chi connectivity index (χ1) is 8.74. The van der Waals surface area contributed by atoms with E-state index in [1.807, 2.05) is 6.26 Å². The summed E-state index contributed by atoms with van der Waals surface area (Å²) in [5.41, 5.74) is 0.569. The van der Waals surface area contributed by atoms with Gasteiger partial charge in [-0.05, 0) is 12.7 Å². The van der Waals surface area contributed by atoms with Gasteiger partial charge >= 0.3 is 5.76 Å². The van der Waals surface area contributed by atoms with Gasteiger partial charge in [0.15, 0.2) is 5.16 Å². The average Bonchev–Trinajstić information content (AvgIpc) is 2.82. The van der Waals surface area contributed by atoms with Gasteiger partial charge in [0, 0.05) is 12.7 Å². The van der Waals surface area contributed by atoms with E-state index in [1.165, 1.54) is 11.8 Å². The Hall–Kier alpha value is -1.83. The lowest BCUT2D eigenvalue weighted by Gasteiger charge is -2.08. The molecule has 0 bridgehead atoms. The van der Waals surface area contributed by atoms with Crippen molar-refractivity contribution in [3.05, 3.63) is 16.7 Å². The summed E-state index contributed by atoms with van der Waals surface area (Å²) in [5, 5.41) is 9.81. The van der Waals surface area contributed by atoms with Crippen molar-refractivity contribution in [2.45, 2.75) is 18.5 Å². The second kappa shape index (κ2) is 5.67. The van der Waals surface area contributed by atoms with E-state index >= 15 is 0 Å². The average molecular weight is 267 g/mol. The van der Waals surface area contributed by atoms with Gasteiger partial charge in [-0.3, -0.25) is 0 Å². The number of H-pyrrole nitrogens is 1. The van der Waals surface area contributed by atoms with Crippen LogP contribution in [-0.4, -0.2) is 33.0 Å². The number of thioether (sulfide) groups is 1. The Morgan fingerprint density at radius 3 is 3.00 bits per heavy atom. The number of nitrogens with zero attached hydrogens (tertiary/aromatic N) is 3. The molecule has 8 heteroatoms. The topological polar surface area (TPSA) is 96.7 Å². The Labute approximate surface area is 107 Å². The van der Waals surface area contributed by atoms with E-state index in [9.17, 15) is 4.79 Å². The summed E-state index contributed by atoms with van der Waals surface area (Å²) in [6.07, 6.45) is 4.45. The molecule has 2 aromatic rings. The van der Waals surface area contributed by atoms with Crippen molar-refractivity contribution in [3.8, 4) is 11.5 Å². The molecule has 0 aliphatic heterocycles. The maximum atomic E-state index is 11.0. The number of hydrogen-bond acceptors (Lipinski definition) is 7. The zero-order valence-corrected chi connectivity index (χ0v) is 10.9. The first kappa shape index (κ1) is 12.6. The molecule has 2 rings (SSSR count). The monoisotopic (exact) mass is 267 g/mol. The lowest BCUT2D eigenvalue weighted by atomic mass is 10.3. The molecule has 0 atom stereocenters. The van der Waals surface area contributed by atoms with Gasteiger partial charge in [0.2, 0.25) is 0 Å². The van der Waals surface area contributed by atoms with Crippen LogP contribution in [-0.2, 0) is 0 Å². The molecule has 2 heterocycles. The van der Waals surface area contributed by atoms with Gasteiger partial charge in [-0.2, -0.15) is 0 Å². The van der Waals surface area contributed by atoms with Crippen LogP contribution in [0.4, 0.5) is 5.82 Å². The van der Waals surface area contributed by atoms with Gasteiger partial charge in [-0.25, -0.2) is 19.9 Å². The van der Waals surface area contributed by atoms with Gasteiger partial charge in [-0.1, -0.05) is 18.7 Å². The predicted molar refractivity (Wildman–Crippen MR) is 68.7 cm³/mol. The summed E-state index contributed by atoms with van der Waals surface area (Å²) in [5.74, 6) is 0.207. The van der Waals surface area contributed by atoms with E-state index in [0.717, 1.165) is 13.0 Å². The maximum absolute atomic E-state index is 11.0. The maximum Gasteiger partial charge on any atom is 0.434 e. The fourth-order valence-corrected chi connectivity index (χ4v) is 1.68. The minimum Gasteiger partial charge on any atom is -0.388 e. The largest absolute Gasteiger partial charge is 0.434 e. The van der Waals surface area contributed by atoms with Crippen LogP contribution < -0.4 is 11.1 Å². The molecule has 18 heavy (non-hydrogen) atoms. The van der Waals surface area contributed by atoms with Gasteiger partial charge in [0.25, 0.3) is 5.89 Å². The summed E-state index contributed by atoms with van der Waals surface area (Å²) in [6.45, 7) is 2.82. The second-order valence-electron chi connectivity index (χ2n) is 3.46. The molecule has 0 fully saturated rings. The Morgan fingerprint density at radius 1 is 1.56 bits per heavy atom. The van der Waals surface area contributed by atoms with Crippen LogP contribution >= 0.6 is 11.8 Å². The van der Waals surface area contributed by atoms with Crippen molar-refractivity contribution < 1.29 is 4.42 Å². The molecule has 96 valence electrons. The lowest BCUT2D eigenvalue weighted by molar-refractivity contribution is 0.526. The predicted octanol–water partition coefficient (Wildman–Crippen LogP) is 1.36. The van der Waals surface area contributed by atoms with E-state index in [1.54, 1.807) is 6.20 Å². The van der Waals surface area contributed by atoms with E-state index in [-0.39, 0.29) is 5.89 Å². The first-order valence-corrected chi connectivity index (χ1v) is 6.68. The van der Waals surface area contributed by atoms with E-state index in [0.29, 0.717) is 16.5 Å². The van der Waals surface area contributed by atoms with Crippen molar-refractivity contribution >= 4 is 17.6 Å². The van der Waals surface area contributed by atoms with Crippen molar-refractivity contribution in [1.82, 2.24) is 20.2 Å². The number of aromatic nitrogens is 4. The fraction of sp³-hybridized carbons (Fsp3) is 0.400. The fourth-order valence-electron chi connectivity index (χ4n) is 1.34. The van der Waals surface area contributed by atoms with Crippen LogP contribution in [0.2, 0.25) is 0 Å². The summed E-state index contributed by atoms with van der Waals surface area (Å²) in [7, 11) is 0. The Balaban J connectivity index is 2.41. The highest BCUT2D eigenvalue weighted by atomic mass is 32.2. The number of hydrogen-bond donors (Lipinski definition) is 2. The molecule has 0 saturated carbocycles. The van der Waals surface area contributed by atoms with Gasteiger partial charge in [0.05, 0.1) is 5.56 Å². The first-order valence-electron chi connectivity index (χ1n) is 5.45. The molecular weight excluding hydrogens is 254 g/mol. The molecule has 2 aromatic heterocycles. The molecule has 7 nitrogen and oxygen atoms in total. The summed E-state index contributed by atoms with van der Waals surface area (Å²) >= 11 is 1.44. The van der Waals surface area contributed by atoms with Gasteiger partial charge < -0.3 is 9.73 Å². The lowest BCUT2D eigenvalue weighted by Crippen LogP contribution is -2.05. The SMILES string of the molecule is CCCNc1nc(SC)ncc1-c1n[nH]c(=O)o1. The Bertz CT molecular complexity index is 580. The highest BCUT2D eigenvalue weighted by Gasteiger charge is 2.13. The van der Waals surface area contributed by atoms with Crippen LogP contribution in [0.25, 0.3) is 11.5 Å². The molecule has 0 aliphatic carbocycles. The Morgan fingerprint density at radius 2 is 2.39 bits per heavy atom.